The van der Waals surface area contributed by atoms with Crippen LogP contribution in [-0.4, -0.2) is 18.9 Å². The van der Waals surface area contributed by atoms with E-state index in [1.165, 1.54) is 0 Å². The minimum Gasteiger partial charge on any atom is -0.433 e. The molecule has 1 atom stereocenters. The van der Waals surface area contributed by atoms with Crippen LogP contribution in [0.25, 0.3) is 0 Å². The summed E-state index contributed by atoms with van der Waals surface area (Å²) >= 11 is 0. The smallest absolute Gasteiger partial charge is 0.332 e. The molecule has 1 unspecified atom stereocenters. The SMILES string of the molecule is C=CC(=O)OC1CCCCCO1. The maximum Gasteiger partial charge on any atom is 0.332 e. The lowest BCUT2D eigenvalue weighted by atomic mass is 10.2. The van der Waals surface area contributed by atoms with E-state index in [2.05, 4.69) is 6.58 Å². The fourth-order valence-electron chi connectivity index (χ4n) is 1.16. The van der Waals surface area contributed by atoms with Gasteiger partial charge in [-0.2, -0.15) is 0 Å². The van der Waals surface area contributed by atoms with E-state index in [0.717, 1.165) is 31.8 Å². The molecule has 1 heterocycles. The van der Waals surface area contributed by atoms with E-state index in [-0.39, 0.29) is 6.29 Å². The number of hydrogen-bond donors (Lipinski definition) is 0. The van der Waals surface area contributed by atoms with Gasteiger partial charge >= 0.3 is 5.97 Å². The third-order valence-electron chi connectivity index (χ3n) is 1.80. The Balaban J connectivity index is 2.29. The molecule has 3 heteroatoms. The summed E-state index contributed by atoms with van der Waals surface area (Å²) in [6, 6.07) is 0. The van der Waals surface area contributed by atoms with Crippen molar-refractivity contribution >= 4 is 5.97 Å². The molecule has 0 radical (unpaired) electrons. The Kier molecular flexibility index (Phi) is 3.80. The van der Waals surface area contributed by atoms with Gasteiger partial charge in [0, 0.05) is 12.5 Å². The standard InChI is InChI=1S/C9H14O3/c1-2-8(10)12-9-6-4-3-5-7-11-9/h2,9H,1,3-7H2. The minimum atomic E-state index is -0.401. The van der Waals surface area contributed by atoms with Crippen molar-refractivity contribution in [1.29, 1.82) is 0 Å². The summed E-state index contributed by atoms with van der Waals surface area (Å²) < 4.78 is 10.2. The predicted octanol–water partition coefficient (Wildman–Crippen LogP) is 1.63. The van der Waals surface area contributed by atoms with E-state index in [1.54, 1.807) is 0 Å². The van der Waals surface area contributed by atoms with Crippen LogP contribution in [0.15, 0.2) is 12.7 Å². The molecular weight excluding hydrogens is 156 g/mol. The zero-order chi connectivity index (χ0) is 8.81. The number of esters is 1. The van der Waals surface area contributed by atoms with Gasteiger partial charge in [-0.05, 0) is 12.8 Å². The molecule has 0 aromatic rings. The zero-order valence-electron chi connectivity index (χ0n) is 7.12. The van der Waals surface area contributed by atoms with Crippen LogP contribution in [0.1, 0.15) is 25.7 Å². The summed E-state index contributed by atoms with van der Waals surface area (Å²) in [5, 5.41) is 0. The van der Waals surface area contributed by atoms with Gasteiger partial charge in [0.25, 0.3) is 0 Å². The van der Waals surface area contributed by atoms with Crippen molar-refractivity contribution in [2.24, 2.45) is 0 Å². The Morgan fingerprint density at radius 2 is 2.33 bits per heavy atom. The lowest BCUT2D eigenvalue weighted by Gasteiger charge is -2.13. The molecule has 1 aliphatic rings. The highest BCUT2D eigenvalue weighted by Gasteiger charge is 2.14. The first-order valence-corrected chi connectivity index (χ1v) is 4.27. The second-order valence-corrected chi connectivity index (χ2v) is 2.79. The number of carbonyl (C=O) groups is 1. The highest BCUT2D eigenvalue weighted by molar-refractivity contribution is 5.81. The van der Waals surface area contributed by atoms with Crippen LogP contribution >= 0.6 is 0 Å². The van der Waals surface area contributed by atoms with Gasteiger partial charge < -0.3 is 9.47 Å². The van der Waals surface area contributed by atoms with Crippen molar-refractivity contribution < 1.29 is 14.3 Å². The fourth-order valence-corrected chi connectivity index (χ4v) is 1.16. The maximum absolute atomic E-state index is 10.8. The van der Waals surface area contributed by atoms with Gasteiger partial charge in [-0.25, -0.2) is 4.79 Å². The molecule has 0 spiro atoms. The van der Waals surface area contributed by atoms with E-state index in [0.29, 0.717) is 6.61 Å². The van der Waals surface area contributed by atoms with Crippen molar-refractivity contribution in [1.82, 2.24) is 0 Å². The number of rotatable bonds is 2. The van der Waals surface area contributed by atoms with Gasteiger partial charge in [-0.15, -0.1) is 0 Å². The molecule has 0 aliphatic carbocycles. The van der Waals surface area contributed by atoms with E-state index < -0.39 is 5.97 Å². The molecule has 0 bridgehead atoms. The third-order valence-corrected chi connectivity index (χ3v) is 1.80. The van der Waals surface area contributed by atoms with E-state index in [4.69, 9.17) is 9.47 Å². The van der Waals surface area contributed by atoms with Crippen molar-refractivity contribution in [3.05, 3.63) is 12.7 Å². The lowest BCUT2D eigenvalue weighted by Crippen LogP contribution is -2.19. The average Bonchev–Trinajstić information content (AvgIpc) is 2.33. The normalized spacial score (nSPS) is 24.2. The third kappa shape index (κ3) is 3.05. The van der Waals surface area contributed by atoms with Crippen LogP contribution in [0, 0.1) is 0 Å². The van der Waals surface area contributed by atoms with Crippen LogP contribution in [0.4, 0.5) is 0 Å². The lowest BCUT2D eigenvalue weighted by molar-refractivity contribution is -0.172. The summed E-state index contributed by atoms with van der Waals surface area (Å²) in [6.45, 7) is 4.01. The summed E-state index contributed by atoms with van der Waals surface area (Å²) in [4.78, 5) is 10.8. The first-order chi connectivity index (χ1) is 5.83. The molecule has 3 nitrogen and oxygen atoms in total. The number of ether oxygens (including phenoxy) is 2. The van der Waals surface area contributed by atoms with E-state index >= 15 is 0 Å². The minimum absolute atomic E-state index is 0.349. The van der Waals surface area contributed by atoms with Gasteiger partial charge in [0.05, 0.1) is 6.61 Å². The molecule has 0 N–H and O–H groups in total. The van der Waals surface area contributed by atoms with Crippen LogP contribution < -0.4 is 0 Å². The largest absolute Gasteiger partial charge is 0.433 e. The Bertz CT molecular complexity index is 157. The quantitative estimate of drug-likeness (QED) is 0.466. The second kappa shape index (κ2) is 4.93. The van der Waals surface area contributed by atoms with Crippen LogP contribution in [0.2, 0.25) is 0 Å². The Morgan fingerprint density at radius 3 is 3.08 bits per heavy atom. The molecule has 68 valence electrons. The number of hydrogen-bond acceptors (Lipinski definition) is 3. The van der Waals surface area contributed by atoms with Crippen LogP contribution in [-0.2, 0) is 14.3 Å². The summed E-state index contributed by atoms with van der Waals surface area (Å²) in [5.74, 6) is -0.401. The molecule has 1 rings (SSSR count). The van der Waals surface area contributed by atoms with Crippen molar-refractivity contribution in [3.8, 4) is 0 Å². The molecule has 12 heavy (non-hydrogen) atoms. The highest BCUT2D eigenvalue weighted by Crippen LogP contribution is 2.13. The number of carbonyl (C=O) groups excluding carboxylic acids is 1. The Hall–Kier alpha value is -0.830. The van der Waals surface area contributed by atoms with Gasteiger partial charge in [-0.1, -0.05) is 13.0 Å². The topological polar surface area (TPSA) is 35.5 Å². The summed E-state index contributed by atoms with van der Waals surface area (Å²) in [6.07, 6.45) is 4.89. The van der Waals surface area contributed by atoms with Gasteiger partial charge in [0.15, 0.2) is 0 Å². The van der Waals surface area contributed by atoms with E-state index in [1.807, 2.05) is 0 Å². The summed E-state index contributed by atoms with van der Waals surface area (Å²) in [5.41, 5.74) is 0. The molecular formula is C9H14O3. The molecule has 1 aliphatic heterocycles. The molecule has 0 aromatic carbocycles. The zero-order valence-corrected chi connectivity index (χ0v) is 7.12. The summed E-state index contributed by atoms with van der Waals surface area (Å²) in [7, 11) is 0. The second-order valence-electron chi connectivity index (χ2n) is 2.79. The maximum atomic E-state index is 10.8. The highest BCUT2D eigenvalue weighted by atomic mass is 16.7. The fraction of sp³-hybridized carbons (Fsp3) is 0.667. The van der Waals surface area contributed by atoms with Crippen LogP contribution in [0.5, 0.6) is 0 Å². The molecule has 1 saturated heterocycles. The average molecular weight is 170 g/mol. The molecule has 0 amide bonds. The monoisotopic (exact) mass is 170 g/mol. The first kappa shape index (κ1) is 9.26. The molecule has 0 aromatic heterocycles. The van der Waals surface area contributed by atoms with Gasteiger partial charge in [-0.3, -0.25) is 0 Å². The predicted molar refractivity (Wildman–Crippen MR) is 44.5 cm³/mol. The Labute approximate surface area is 72.4 Å². The molecule has 0 saturated carbocycles. The van der Waals surface area contributed by atoms with Crippen molar-refractivity contribution in [3.63, 3.8) is 0 Å². The van der Waals surface area contributed by atoms with Crippen molar-refractivity contribution in [2.75, 3.05) is 6.61 Å². The van der Waals surface area contributed by atoms with E-state index in [9.17, 15) is 4.79 Å². The first-order valence-electron chi connectivity index (χ1n) is 4.27. The van der Waals surface area contributed by atoms with Gasteiger partial charge in [0.2, 0.25) is 6.29 Å². The van der Waals surface area contributed by atoms with Crippen LogP contribution in [0.3, 0.4) is 0 Å². The van der Waals surface area contributed by atoms with Gasteiger partial charge in [0.1, 0.15) is 0 Å². The van der Waals surface area contributed by atoms with Crippen molar-refractivity contribution in [2.45, 2.75) is 32.0 Å². The molecule has 1 fully saturated rings. The Morgan fingerprint density at radius 1 is 1.50 bits per heavy atom.